The molecule has 1 atom stereocenters. The summed E-state index contributed by atoms with van der Waals surface area (Å²) in [4.78, 5) is 13.5. The highest BCUT2D eigenvalue weighted by Gasteiger charge is 2.40. The third kappa shape index (κ3) is 2.49. The summed E-state index contributed by atoms with van der Waals surface area (Å²) in [6, 6.07) is 0. The molecule has 0 bridgehead atoms. The Morgan fingerprint density at radius 1 is 1.53 bits per heavy atom. The van der Waals surface area contributed by atoms with Crippen molar-refractivity contribution in [3.63, 3.8) is 0 Å². The van der Waals surface area contributed by atoms with Crippen LogP contribution in [0.5, 0.6) is 0 Å². The van der Waals surface area contributed by atoms with Crippen LogP contribution in [0.2, 0.25) is 0 Å². The SMILES string of the molecule is CCOC(=O)CN1CCC2(CCNC2)C1. The maximum absolute atomic E-state index is 11.3. The van der Waals surface area contributed by atoms with Gasteiger partial charge in [0.15, 0.2) is 0 Å². The van der Waals surface area contributed by atoms with Crippen LogP contribution < -0.4 is 5.32 Å². The topological polar surface area (TPSA) is 41.6 Å². The molecule has 4 heteroatoms. The van der Waals surface area contributed by atoms with E-state index in [9.17, 15) is 4.79 Å². The Kier molecular flexibility index (Phi) is 3.26. The average molecular weight is 212 g/mol. The number of hydrogen-bond acceptors (Lipinski definition) is 4. The van der Waals surface area contributed by atoms with Gasteiger partial charge in [-0.15, -0.1) is 0 Å². The van der Waals surface area contributed by atoms with Crippen molar-refractivity contribution in [2.75, 3.05) is 39.3 Å². The van der Waals surface area contributed by atoms with Gasteiger partial charge in [-0.3, -0.25) is 9.69 Å². The maximum atomic E-state index is 11.3. The van der Waals surface area contributed by atoms with Gasteiger partial charge in [-0.25, -0.2) is 0 Å². The number of ether oxygens (including phenoxy) is 1. The molecule has 2 heterocycles. The third-order valence-electron chi connectivity index (χ3n) is 3.51. The molecule has 86 valence electrons. The quantitative estimate of drug-likeness (QED) is 0.680. The second kappa shape index (κ2) is 4.49. The Bertz CT molecular complexity index is 237. The summed E-state index contributed by atoms with van der Waals surface area (Å²) in [5.74, 6) is -0.0829. The highest BCUT2D eigenvalue weighted by atomic mass is 16.5. The minimum absolute atomic E-state index is 0.0829. The Labute approximate surface area is 91.0 Å². The van der Waals surface area contributed by atoms with Crippen molar-refractivity contribution < 1.29 is 9.53 Å². The van der Waals surface area contributed by atoms with Crippen molar-refractivity contribution in [3.05, 3.63) is 0 Å². The number of nitrogens with one attached hydrogen (secondary N) is 1. The van der Waals surface area contributed by atoms with Gasteiger partial charge in [0.2, 0.25) is 0 Å². The molecule has 1 N–H and O–H groups in total. The van der Waals surface area contributed by atoms with E-state index in [1.807, 2.05) is 6.92 Å². The summed E-state index contributed by atoms with van der Waals surface area (Å²) in [6.45, 7) is 7.15. The highest BCUT2D eigenvalue weighted by molar-refractivity contribution is 5.71. The van der Waals surface area contributed by atoms with Crippen molar-refractivity contribution >= 4 is 5.97 Å². The van der Waals surface area contributed by atoms with E-state index in [2.05, 4.69) is 10.2 Å². The molecular formula is C11H20N2O2. The average Bonchev–Trinajstić information content (AvgIpc) is 2.79. The molecule has 2 fully saturated rings. The number of rotatable bonds is 3. The van der Waals surface area contributed by atoms with Crippen molar-refractivity contribution in [1.29, 1.82) is 0 Å². The van der Waals surface area contributed by atoms with Crippen LogP contribution in [0.3, 0.4) is 0 Å². The third-order valence-corrected chi connectivity index (χ3v) is 3.51. The van der Waals surface area contributed by atoms with Crippen LogP contribution in [0.1, 0.15) is 19.8 Å². The fourth-order valence-corrected chi connectivity index (χ4v) is 2.70. The normalized spacial score (nSPS) is 31.3. The van der Waals surface area contributed by atoms with Crippen molar-refractivity contribution in [1.82, 2.24) is 10.2 Å². The summed E-state index contributed by atoms with van der Waals surface area (Å²) in [5, 5.41) is 3.41. The van der Waals surface area contributed by atoms with Gasteiger partial charge in [0.05, 0.1) is 13.2 Å². The van der Waals surface area contributed by atoms with Gasteiger partial charge >= 0.3 is 5.97 Å². The standard InChI is InChI=1S/C11H20N2O2/c1-2-15-10(14)7-13-6-4-11(9-13)3-5-12-8-11/h12H,2-9H2,1H3. The number of likely N-dealkylation sites (tertiary alicyclic amines) is 1. The Morgan fingerprint density at radius 2 is 2.40 bits per heavy atom. The van der Waals surface area contributed by atoms with E-state index in [1.165, 1.54) is 12.8 Å². The zero-order valence-electron chi connectivity index (χ0n) is 9.42. The lowest BCUT2D eigenvalue weighted by Crippen LogP contribution is -2.33. The molecule has 2 rings (SSSR count). The molecule has 0 radical (unpaired) electrons. The van der Waals surface area contributed by atoms with E-state index >= 15 is 0 Å². The Morgan fingerprint density at radius 3 is 3.07 bits per heavy atom. The van der Waals surface area contributed by atoms with Crippen LogP contribution >= 0.6 is 0 Å². The summed E-state index contributed by atoms with van der Waals surface area (Å²) in [7, 11) is 0. The molecule has 1 spiro atoms. The minimum atomic E-state index is -0.0829. The van der Waals surface area contributed by atoms with Crippen LogP contribution in [0, 0.1) is 5.41 Å². The number of carbonyl (C=O) groups is 1. The monoisotopic (exact) mass is 212 g/mol. The van der Waals surface area contributed by atoms with E-state index in [1.54, 1.807) is 0 Å². The van der Waals surface area contributed by atoms with Gasteiger partial charge in [0.25, 0.3) is 0 Å². The first kappa shape index (κ1) is 10.9. The van der Waals surface area contributed by atoms with Gasteiger partial charge in [-0.1, -0.05) is 0 Å². The lowest BCUT2D eigenvalue weighted by molar-refractivity contribution is -0.144. The first-order valence-electron chi connectivity index (χ1n) is 5.83. The largest absolute Gasteiger partial charge is 0.465 e. The van der Waals surface area contributed by atoms with E-state index < -0.39 is 0 Å². The summed E-state index contributed by atoms with van der Waals surface area (Å²) in [6.07, 6.45) is 2.48. The smallest absolute Gasteiger partial charge is 0.320 e. The lowest BCUT2D eigenvalue weighted by atomic mass is 9.87. The molecule has 0 aliphatic carbocycles. The molecule has 15 heavy (non-hydrogen) atoms. The molecular weight excluding hydrogens is 192 g/mol. The van der Waals surface area contributed by atoms with Crippen molar-refractivity contribution in [2.24, 2.45) is 5.41 Å². The molecule has 2 aliphatic heterocycles. The maximum Gasteiger partial charge on any atom is 0.320 e. The Balaban J connectivity index is 1.79. The fraction of sp³-hybridized carbons (Fsp3) is 0.909. The Hall–Kier alpha value is -0.610. The van der Waals surface area contributed by atoms with Crippen LogP contribution in [-0.2, 0) is 9.53 Å². The van der Waals surface area contributed by atoms with Gasteiger partial charge in [-0.2, -0.15) is 0 Å². The molecule has 4 nitrogen and oxygen atoms in total. The summed E-state index contributed by atoms with van der Waals surface area (Å²) < 4.78 is 4.96. The zero-order chi connectivity index (χ0) is 10.7. The molecule has 0 aromatic heterocycles. The van der Waals surface area contributed by atoms with E-state index in [0.717, 1.165) is 26.2 Å². The second-order valence-electron chi connectivity index (χ2n) is 4.69. The lowest BCUT2D eigenvalue weighted by Gasteiger charge is -2.22. The second-order valence-corrected chi connectivity index (χ2v) is 4.69. The van der Waals surface area contributed by atoms with Crippen LogP contribution in [-0.4, -0.2) is 50.2 Å². The van der Waals surface area contributed by atoms with E-state index in [0.29, 0.717) is 18.6 Å². The number of hydrogen-bond donors (Lipinski definition) is 1. The minimum Gasteiger partial charge on any atom is -0.465 e. The summed E-state index contributed by atoms with van der Waals surface area (Å²) in [5.41, 5.74) is 0.451. The predicted molar refractivity (Wildman–Crippen MR) is 57.6 cm³/mol. The van der Waals surface area contributed by atoms with E-state index in [4.69, 9.17) is 4.74 Å². The molecule has 1 unspecified atom stereocenters. The highest BCUT2D eigenvalue weighted by Crippen LogP contribution is 2.35. The van der Waals surface area contributed by atoms with Gasteiger partial charge in [0.1, 0.15) is 0 Å². The van der Waals surface area contributed by atoms with Crippen LogP contribution in [0.15, 0.2) is 0 Å². The molecule has 0 aromatic carbocycles. The molecule has 2 saturated heterocycles. The first-order chi connectivity index (χ1) is 7.24. The first-order valence-corrected chi connectivity index (χ1v) is 5.83. The molecule has 2 aliphatic rings. The van der Waals surface area contributed by atoms with Crippen LogP contribution in [0.25, 0.3) is 0 Å². The number of nitrogens with zero attached hydrogens (tertiary/aromatic N) is 1. The molecule has 0 saturated carbocycles. The van der Waals surface area contributed by atoms with Crippen molar-refractivity contribution in [2.45, 2.75) is 19.8 Å². The van der Waals surface area contributed by atoms with Gasteiger partial charge in [-0.05, 0) is 38.3 Å². The van der Waals surface area contributed by atoms with Crippen molar-refractivity contribution in [3.8, 4) is 0 Å². The van der Waals surface area contributed by atoms with Crippen LogP contribution in [0.4, 0.5) is 0 Å². The summed E-state index contributed by atoms with van der Waals surface area (Å²) >= 11 is 0. The fourth-order valence-electron chi connectivity index (χ4n) is 2.70. The predicted octanol–water partition coefficient (Wildman–Crippen LogP) is 0.235. The molecule has 0 aromatic rings. The molecule has 0 amide bonds. The number of esters is 1. The van der Waals surface area contributed by atoms with Gasteiger partial charge < -0.3 is 10.1 Å². The zero-order valence-corrected chi connectivity index (χ0v) is 9.42. The van der Waals surface area contributed by atoms with Gasteiger partial charge in [0, 0.05) is 13.1 Å². The van der Waals surface area contributed by atoms with E-state index in [-0.39, 0.29) is 5.97 Å². The number of carbonyl (C=O) groups excluding carboxylic acids is 1.